The molecule has 0 aliphatic carbocycles. The fraction of sp³-hybridized carbons (Fsp3) is 0.852. The summed E-state index contributed by atoms with van der Waals surface area (Å²) in [7, 11) is -1.90. The quantitative estimate of drug-likeness (QED) is 0.237. The van der Waals surface area contributed by atoms with Crippen LogP contribution in [0.5, 0.6) is 0 Å². The number of aliphatic hydroxyl groups excluding tert-OH is 1. The third-order valence-corrected chi connectivity index (χ3v) is 12.2. The summed E-state index contributed by atoms with van der Waals surface area (Å²) >= 11 is 0. The Balaban J connectivity index is 2.86. The minimum absolute atomic E-state index is 0.0513. The van der Waals surface area contributed by atoms with Gasteiger partial charge in [0.05, 0.1) is 18.6 Å². The van der Waals surface area contributed by atoms with Gasteiger partial charge in [0.15, 0.2) is 8.32 Å². The van der Waals surface area contributed by atoms with E-state index < -0.39 is 20.5 Å². The van der Waals surface area contributed by atoms with E-state index >= 15 is 0 Å². The Bertz CT molecular complexity index is 708. The molecule has 1 N–H and O–H groups in total. The van der Waals surface area contributed by atoms with Crippen molar-refractivity contribution in [2.24, 2.45) is 17.8 Å². The van der Waals surface area contributed by atoms with Crippen LogP contribution in [0.4, 0.5) is 0 Å². The fourth-order valence-electron chi connectivity index (χ4n) is 4.05. The van der Waals surface area contributed by atoms with Crippen LogP contribution in [0.1, 0.15) is 88.0 Å². The van der Waals surface area contributed by atoms with E-state index in [-0.39, 0.29) is 47.4 Å². The van der Waals surface area contributed by atoms with Crippen LogP contribution < -0.4 is 0 Å². The van der Waals surface area contributed by atoms with Crippen LogP contribution in [-0.2, 0) is 23.5 Å². The van der Waals surface area contributed by atoms with Gasteiger partial charge in [-0.05, 0) is 61.7 Å². The highest BCUT2D eigenvalue weighted by molar-refractivity contribution is 6.74. The molecule has 6 atom stereocenters. The van der Waals surface area contributed by atoms with Crippen molar-refractivity contribution in [3.8, 4) is 0 Å². The molecule has 1 heterocycles. The monoisotopic (exact) mass is 498 g/mol. The smallest absolute Gasteiger partial charge is 0.309 e. The summed E-state index contributed by atoms with van der Waals surface area (Å²) < 4.78 is 17.7. The molecule has 0 amide bonds. The number of cyclic esters (lactones) is 1. The van der Waals surface area contributed by atoms with Gasteiger partial charge in [0.1, 0.15) is 12.2 Å². The second-order valence-corrected chi connectivity index (χ2v) is 16.8. The first-order valence-corrected chi connectivity index (χ1v) is 15.8. The van der Waals surface area contributed by atoms with E-state index in [0.29, 0.717) is 12.3 Å². The zero-order chi connectivity index (χ0) is 26.4. The largest absolute Gasteiger partial charge is 0.462 e. The molecule has 1 aliphatic rings. The van der Waals surface area contributed by atoms with Gasteiger partial charge in [-0.2, -0.15) is 0 Å². The van der Waals surface area contributed by atoms with Crippen LogP contribution in [-0.4, -0.2) is 49.8 Å². The first-order chi connectivity index (χ1) is 15.5. The highest BCUT2D eigenvalue weighted by atomic mass is 28.4. The fourth-order valence-corrected chi connectivity index (χ4v) is 5.53. The normalized spacial score (nSPS) is 25.7. The molecule has 0 spiro atoms. The standard InChI is InChI=1S/C27H50O6Si/c1-17(2)22(33-34(10,11)27(7,8)9)14-13-19(4)26(30)20(5)23-15-12-18(3)24(31-21(6)28)16-25(29)32-23/h13,17-18,20,22-24,26,30H,12,14-16H2,1-11H3/b19-13+/t18-,20-,22-,23-,24+,26-/m0/s1. The van der Waals surface area contributed by atoms with Crippen LogP contribution in [0.3, 0.4) is 0 Å². The molecule has 0 aromatic heterocycles. The summed E-state index contributed by atoms with van der Waals surface area (Å²) in [5, 5.41) is 11.2. The van der Waals surface area contributed by atoms with E-state index in [1.165, 1.54) is 6.92 Å². The van der Waals surface area contributed by atoms with Crippen LogP contribution in [0.25, 0.3) is 0 Å². The van der Waals surface area contributed by atoms with E-state index in [4.69, 9.17) is 13.9 Å². The average molecular weight is 499 g/mol. The maximum absolute atomic E-state index is 12.5. The molecule has 1 rings (SSSR count). The Labute approximate surface area is 208 Å². The van der Waals surface area contributed by atoms with Gasteiger partial charge in [0.25, 0.3) is 0 Å². The van der Waals surface area contributed by atoms with Gasteiger partial charge in [-0.25, -0.2) is 0 Å². The van der Waals surface area contributed by atoms with Crippen molar-refractivity contribution in [3.63, 3.8) is 0 Å². The molecule has 0 aromatic rings. The number of ether oxygens (including phenoxy) is 2. The minimum Gasteiger partial charge on any atom is -0.462 e. The van der Waals surface area contributed by atoms with Crippen LogP contribution in [0.2, 0.25) is 18.1 Å². The van der Waals surface area contributed by atoms with E-state index in [0.717, 1.165) is 18.4 Å². The van der Waals surface area contributed by atoms with Gasteiger partial charge >= 0.3 is 11.9 Å². The Morgan fingerprint density at radius 1 is 1.21 bits per heavy atom. The summed E-state index contributed by atoms with van der Waals surface area (Å²) in [5.74, 6) is -0.586. The van der Waals surface area contributed by atoms with Crippen molar-refractivity contribution in [1.82, 2.24) is 0 Å². The van der Waals surface area contributed by atoms with Gasteiger partial charge in [0, 0.05) is 12.8 Å². The van der Waals surface area contributed by atoms with E-state index in [1.807, 2.05) is 20.8 Å². The summed E-state index contributed by atoms with van der Waals surface area (Å²) in [5.41, 5.74) is 0.876. The molecular formula is C27H50O6Si. The lowest BCUT2D eigenvalue weighted by atomic mass is 9.85. The lowest BCUT2D eigenvalue weighted by Gasteiger charge is -2.40. The minimum atomic E-state index is -1.90. The highest BCUT2D eigenvalue weighted by Gasteiger charge is 2.39. The Kier molecular flexibility index (Phi) is 11.5. The number of rotatable bonds is 9. The summed E-state index contributed by atoms with van der Waals surface area (Å²) in [4.78, 5) is 23.8. The average Bonchev–Trinajstić information content (AvgIpc) is 2.69. The Hall–Kier alpha value is -1.18. The lowest BCUT2D eigenvalue weighted by molar-refractivity contribution is -0.165. The molecule has 1 fully saturated rings. The Morgan fingerprint density at radius 3 is 2.29 bits per heavy atom. The third kappa shape index (κ3) is 9.12. The van der Waals surface area contributed by atoms with Crippen molar-refractivity contribution in [1.29, 1.82) is 0 Å². The lowest BCUT2D eigenvalue weighted by Crippen LogP contribution is -2.45. The summed E-state index contributed by atoms with van der Waals surface area (Å²) in [6.45, 7) is 22.8. The second-order valence-electron chi connectivity index (χ2n) is 12.1. The SMILES string of the molecule is CC(=O)O[C@@H]1CC(=O)O[C@H]([C@H](C)[C@@H](O)/C(C)=C/C[C@H](O[Si](C)(C)C(C)(C)C)C(C)C)CC[C@@H]1C. The van der Waals surface area contributed by atoms with E-state index in [2.05, 4.69) is 53.8 Å². The van der Waals surface area contributed by atoms with E-state index in [1.54, 1.807) is 0 Å². The van der Waals surface area contributed by atoms with Gasteiger partial charge < -0.3 is 19.0 Å². The zero-order valence-corrected chi connectivity index (χ0v) is 24.4. The highest BCUT2D eigenvalue weighted by Crippen LogP contribution is 2.38. The first kappa shape index (κ1) is 30.8. The number of esters is 2. The number of carbonyl (C=O) groups is 2. The van der Waals surface area contributed by atoms with Crippen molar-refractivity contribution in [2.45, 2.75) is 131 Å². The van der Waals surface area contributed by atoms with E-state index in [9.17, 15) is 14.7 Å². The molecule has 1 aliphatic heterocycles. The second kappa shape index (κ2) is 12.7. The molecule has 0 unspecified atom stereocenters. The maximum Gasteiger partial charge on any atom is 0.309 e. The number of carbonyl (C=O) groups excluding carboxylic acids is 2. The molecule has 0 saturated carbocycles. The van der Waals surface area contributed by atoms with Crippen molar-refractivity contribution >= 4 is 20.3 Å². The molecule has 198 valence electrons. The molecule has 6 nitrogen and oxygen atoms in total. The maximum atomic E-state index is 12.5. The predicted molar refractivity (Wildman–Crippen MR) is 139 cm³/mol. The van der Waals surface area contributed by atoms with Crippen molar-refractivity contribution < 1.29 is 28.6 Å². The van der Waals surface area contributed by atoms with Gasteiger partial charge in [-0.3, -0.25) is 9.59 Å². The topological polar surface area (TPSA) is 82.1 Å². The van der Waals surface area contributed by atoms with Crippen molar-refractivity contribution in [3.05, 3.63) is 11.6 Å². The van der Waals surface area contributed by atoms with Gasteiger partial charge in [-0.15, -0.1) is 0 Å². The molecule has 1 saturated heterocycles. The summed E-state index contributed by atoms with van der Waals surface area (Å²) in [6, 6.07) is 0. The zero-order valence-electron chi connectivity index (χ0n) is 23.4. The van der Waals surface area contributed by atoms with Crippen LogP contribution in [0.15, 0.2) is 11.6 Å². The van der Waals surface area contributed by atoms with Crippen molar-refractivity contribution in [2.75, 3.05) is 0 Å². The summed E-state index contributed by atoms with van der Waals surface area (Å²) in [6.07, 6.45) is 2.81. The molecule has 0 aromatic carbocycles. The molecule has 34 heavy (non-hydrogen) atoms. The first-order valence-electron chi connectivity index (χ1n) is 12.9. The van der Waals surface area contributed by atoms with Gasteiger partial charge in [0.2, 0.25) is 0 Å². The Morgan fingerprint density at radius 2 is 1.79 bits per heavy atom. The number of aliphatic hydroxyl groups is 1. The molecule has 0 radical (unpaired) electrons. The molecule has 7 heteroatoms. The molecule has 0 bridgehead atoms. The van der Waals surface area contributed by atoms with Gasteiger partial charge in [-0.1, -0.05) is 54.5 Å². The third-order valence-electron chi connectivity index (χ3n) is 7.73. The number of hydrogen-bond donors (Lipinski definition) is 1. The number of hydrogen-bond acceptors (Lipinski definition) is 6. The molecular weight excluding hydrogens is 448 g/mol. The van der Waals surface area contributed by atoms with Crippen LogP contribution in [0, 0.1) is 17.8 Å². The van der Waals surface area contributed by atoms with Crippen LogP contribution >= 0.6 is 0 Å². The predicted octanol–water partition coefficient (Wildman–Crippen LogP) is 6.03.